The summed E-state index contributed by atoms with van der Waals surface area (Å²) in [6.07, 6.45) is 1.92. The van der Waals surface area contributed by atoms with Gasteiger partial charge in [-0.1, -0.05) is 31.5 Å². The van der Waals surface area contributed by atoms with Crippen molar-refractivity contribution in [3.05, 3.63) is 29.3 Å². The average Bonchev–Trinajstić information content (AvgIpc) is 2.28. The first-order valence-electron chi connectivity index (χ1n) is 5.94. The van der Waals surface area contributed by atoms with Gasteiger partial charge in [0.05, 0.1) is 5.69 Å². The Labute approximate surface area is 107 Å². The molecule has 18 heavy (non-hydrogen) atoms. The molecular weight excluding hydrogens is 228 g/mol. The monoisotopic (exact) mass is 248 g/mol. The Bertz CT molecular complexity index is 456. The fraction of sp³-hybridized carbons (Fsp3) is 0.385. The summed E-state index contributed by atoms with van der Waals surface area (Å²) in [5.41, 5.74) is 8.21. The summed E-state index contributed by atoms with van der Waals surface area (Å²) in [5.74, 6) is -0.350. The molecule has 4 N–H and O–H groups in total. The minimum Gasteiger partial charge on any atom is -0.370 e. The number of carbonyl (C=O) groups excluding carboxylic acids is 1. The summed E-state index contributed by atoms with van der Waals surface area (Å²) in [7, 11) is 1.68. The zero-order valence-electron chi connectivity index (χ0n) is 11.1. The molecule has 1 aromatic carbocycles. The number of amides is 2. The van der Waals surface area contributed by atoms with Gasteiger partial charge in [0.25, 0.3) is 0 Å². The van der Waals surface area contributed by atoms with Crippen LogP contribution in [0.5, 0.6) is 0 Å². The van der Waals surface area contributed by atoms with E-state index < -0.39 is 6.03 Å². The second kappa shape index (κ2) is 6.05. The van der Waals surface area contributed by atoms with Crippen molar-refractivity contribution in [3.63, 3.8) is 0 Å². The Balaban J connectivity index is 3.06. The number of rotatable bonds is 3. The molecule has 0 aliphatic heterocycles. The van der Waals surface area contributed by atoms with Crippen molar-refractivity contribution in [1.82, 2.24) is 5.32 Å². The van der Waals surface area contributed by atoms with Gasteiger partial charge in [-0.05, 0) is 24.5 Å². The van der Waals surface area contributed by atoms with Gasteiger partial charge < -0.3 is 5.73 Å². The Morgan fingerprint density at radius 3 is 2.72 bits per heavy atom. The first kappa shape index (κ1) is 14.0. The van der Waals surface area contributed by atoms with Gasteiger partial charge in [-0.3, -0.25) is 15.6 Å². The molecule has 98 valence electrons. The van der Waals surface area contributed by atoms with Gasteiger partial charge in [0.2, 0.25) is 0 Å². The van der Waals surface area contributed by atoms with Crippen LogP contribution < -0.4 is 16.0 Å². The highest BCUT2D eigenvalue weighted by molar-refractivity contribution is 6.02. The first-order valence-corrected chi connectivity index (χ1v) is 5.94. The molecule has 2 amide bonds. The highest BCUT2D eigenvalue weighted by Crippen LogP contribution is 2.25. The number of nitrogens with zero attached hydrogens (tertiary/aromatic N) is 1. The van der Waals surface area contributed by atoms with Crippen molar-refractivity contribution >= 4 is 17.7 Å². The number of hydrogen-bond acceptors (Lipinski definition) is 2. The Morgan fingerprint density at radius 1 is 1.50 bits per heavy atom. The average molecular weight is 248 g/mol. The molecular formula is C13H20N4O. The minimum absolute atomic E-state index is 0.350. The van der Waals surface area contributed by atoms with Gasteiger partial charge in [-0.2, -0.15) is 0 Å². The lowest BCUT2D eigenvalue weighted by atomic mass is 10.0. The second-order valence-electron chi connectivity index (χ2n) is 4.24. The quantitative estimate of drug-likeness (QED) is 0.564. The maximum Gasteiger partial charge on any atom is 0.328 e. The molecule has 1 aromatic rings. The third kappa shape index (κ3) is 3.23. The van der Waals surface area contributed by atoms with Crippen LogP contribution in [0, 0.1) is 12.3 Å². The van der Waals surface area contributed by atoms with E-state index in [0.29, 0.717) is 0 Å². The summed E-state index contributed by atoms with van der Waals surface area (Å²) in [6.45, 7) is 4.06. The third-order valence-corrected chi connectivity index (χ3v) is 2.72. The first-order chi connectivity index (χ1) is 8.47. The molecule has 0 fully saturated rings. The molecule has 5 heteroatoms. The number of aryl methyl sites for hydroxylation is 2. The van der Waals surface area contributed by atoms with Crippen molar-refractivity contribution in [3.8, 4) is 0 Å². The summed E-state index contributed by atoms with van der Waals surface area (Å²) in [5, 5.41) is 9.37. The van der Waals surface area contributed by atoms with Crippen LogP contribution >= 0.6 is 0 Å². The number of guanidine groups is 1. The van der Waals surface area contributed by atoms with Crippen LogP contribution in [0.4, 0.5) is 10.5 Å². The van der Waals surface area contributed by atoms with Crippen LogP contribution in [0.15, 0.2) is 18.2 Å². The van der Waals surface area contributed by atoms with Gasteiger partial charge in [0.15, 0.2) is 5.96 Å². The molecule has 0 spiro atoms. The standard InChI is InChI=1S/C13H20N4O/c1-4-6-10-8-5-7-9(2)11(10)17(3)13(18)16-12(14)15/h5,7-8H,4,6H2,1-3H3,(H4,14,15,16,18). The lowest BCUT2D eigenvalue weighted by Gasteiger charge is -2.22. The van der Waals surface area contributed by atoms with E-state index in [1.807, 2.05) is 25.1 Å². The lowest BCUT2D eigenvalue weighted by Crippen LogP contribution is -2.44. The Hall–Kier alpha value is -2.04. The van der Waals surface area contributed by atoms with Crippen LogP contribution in [0.25, 0.3) is 0 Å². The van der Waals surface area contributed by atoms with E-state index in [9.17, 15) is 4.79 Å². The SMILES string of the molecule is CCCc1cccc(C)c1N(C)C(=O)NC(=N)N. The fourth-order valence-electron chi connectivity index (χ4n) is 1.97. The van der Waals surface area contributed by atoms with Crippen molar-refractivity contribution in [1.29, 1.82) is 5.41 Å². The number of nitrogens with two attached hydrogens (primary N) is 1. The zero-order valence-corrected chi connectivity index (χ0v) is 11.1. The second-order valence-corrected chi connectivity index (χ2v) is 4.24. The molecule has 1 rings (SSSR count). The van der Waals surface area contributed by atoms with Crippen LogP contribution in [0.2, 0.25) is 0 Å². The van der Waals surface area contributed by atoms with Gasteiger partial charge in [-0.25, -0.2) is 4.79 Å². The lowest BCUT2D eigenvalue weighted by molar-refractivity contribution is 0.251. The Kier molecular flexibility index (Phi) is 4.71. The largest absolute Gasteiger partial charge is 0.370 e. The molecule has 0 saturated heterocycles. The van der Waals surface area contributed by atoms with Crippen LogP contribution in [-0.2, 0) is 6.42 Å². The predicted octanol–water partition coefficient (Wildman–Crippen LogP) is 1.99. The van der Waals surface area contributed by atoms with E-state index >= 15 is 0 Å². The normalized spacial score (nSPS) is 9.94. The topological polar surface area (TPSA) is 82.2 Å². The number of para-hydroxylation sites is 1. The number of anilines is 1. The maximum atomic E-state index is 11.9. The molecule has 0 bridgehead atoms. The summed E-state index contributed by atoms with van der Waals surface area (Å²) < 4.78 is 0. The molecule has 0 aromatic heterocycles. The van der Waals surface area contributed by atoms with E-state index in [-0.39, 0.29) is 5.96 Å². The van der Waals surface area contributed by atoms with Crippen molar-refractivity contribution in [2.24, 2.45) is 5.73 Å². The summed E-state index contributed by atoms with van der Waals surface area (Å²) in [6, 6.07) is 5.57. The maximum absolute atomic E-state index is 11.9. The molecule has 0 radical (unpaired) electrons. The number of urea groups is 1. The number of carbonyl (C=O) groups is 1. The van der Waals surface area contributed by atoms with E-state index in [1.165, 1.54) is 4.90 Å². The Morgan fingerprint density at radius 2 is 2.17 bits per heavy atom. The molecule has 0 aliphatic carbocycles. The van der Waals surface area contributed by atoms with E-state index in [0.717, 1.165) is 29.7 Å². The minimum atomic E-state index is -0.394. The molecule has 0 saturated carbocycles. The van der Waals surface area contributed by atoms with Gasteiger partial charge in [0, 0.05) is 7.05 Å². The smallest absolute Gasteiger partial charge is 0.328 e. The number of benzene rings is 1. The van der Waals surface area contributed by atoms with Gasteiger partial charge in [-0.15, -0.1) is 0 Å². The molecule has 0 unspecified atom stereocenters. The van der Waals surface area contributed by atoms with Crippen molar-refractivity contribution in [2.75, 3.05) is 11.9 Å². The van der Waals surface area contributed by atoms with E-state index in [4.69, 9.17) is 11.1 Å². The van der Waals surface area contributed by atoms with Crippen LogP contribution in [0.1, 0.15) is 24.5 Å². The molecule has 5 nitrogen and oxygen atoms in total. The summed E-state index contributed by atoms with van der Waals surface area (Å²) in [4.78, 5) is 13.4. The molecule has 0 aliphatic rings. The van der Waals surface area contributed by atoms with E-state index in [2.05, 4.69) is 12.2 Å². The highest BCUT2D eigenvalue weighted by atomic mass is 16.2. The zero-order chi connectivity index (χ0) is 13.7. The van der Waals surface area contributed by atoms with Crippen LogP contribution in [0.3, 0.4) is 0 Å². The van der Waals surface area contributed by atoms with Crippen LogP contribution in [-0.4, -0.2) is 19.0 Å². The van der Waals surface area contributed by atoms with E-state index in [1.54, 1.807) is 7.05 Å². The third-order valence-electron chi connectivity index (χ3n) is 2.72. The molecule has 0 atom stereocenters. The number of nitrogens with one attached hydrogen (secondary N) is 2. The predicted molar refractivity (Wildman–Crippen MR) is 74.0 cm³/mol. The van der Waals surface area contributed by atoms with Crippen molar-refractivity contribution < 1.29 is 4.79 Å². The summed E-state index contributed by atoms with van der Waals surface area (Å²) >= 11 is 0. The van der Waals surface area contributed by atoms with Crippen molar-refractivity contribution in [2.45, 2.75) is 26.7 Å². The highest BCUT2D eigenvalue weighted by Gasteiger charge is 2.16. The van der Waals surface area contributed by atoms with Gasteiger partial charge in [0.1, 0.15) is 0 Å². The molecule has 0 heterocycles. The van der Waals surface area contributed by atoms with Gasteiger partial charge >= 0.3 is 6.03 Å². The fourth-order valence-corrected chi connectivity index (χ4v) is 1.97. The number of hydrogen-bond donors (Lipinski definition) is 3.